The monoisotopic (exact) mass is 495 g/mol. The standard InChI is InChI=1S/C18H11BrClN3O5S/c19-13-5-4-10(6-14(13)23(27)28)7-15-17(25)22(18(26)29-15)9-16(24)21-12-3-1-2-11(20)8-12/h1-8H,9H2,(H,21,24)/b15-7-. The van der Waals surface area contributed by atoms with Crippen molar-refractivity contribution in [3.05, 3.63) is 72.5 Å². The zero-order valence-electron chi connectivity index (χ0n) is 14.4. The van der Waals surface area contributed by atoms with Gasteiger partial charge in [-0.2, -0.15) is 0 Å². The summed E-state index contributed by atoms with van der Waals surface area (Å²) in [6, 6.07) is 10.8. The third kappa shape index (κ3) is 5.03. The number of benzene rings is 2. The van der Waals surface area contributed by atoms with Crippen LogP contribution in [0.5, 0.6) is 0 Å². The zero-order valence-corrected chi connectivity index (χ0v) is 17.6. The molecule has 0 radical (unpaired) electrons. The number of nitro groups is 1. The van der Waals surface area contributed by atoms with Gasteiger partial charge in [-0.15, -0.1) is 0 Å². The lowest BCUT2D eigenvalue weighted by Crippen LogP contribution is -2.36. The van der Waals surface area contributed by atoms with E-state index in [4.69, 9.17) is 11.6 Å². The van der Waals surface area contributed by atoms with E-state index in [1.54, 1.807) is 24.3 Å². The van der Waals surface area contributed by atoms with E-state index in [9.17, 15) is 24.5 Å². The van der Waals surface area contributed by atoms with Gasteiger partial charge >= 0.3 is 0 Å². The van der Waals surface area contributed by atoms with Crippen LogP contribution in [0, 0.1) is 10.1 Å². The van der Waals surface area contributed by atoms with Crippen LogP contribution in [0.3, 0.4) is 0 Å². The van der Waals surface area contributed by atoms with Gasteiger partial charge in [0.05, 0.1) is 14.3 Å². The van der Waals surface area contributed by atoms with E-state index >= 15 is 0 Å². The van der Waals surface area contributed by atoms with Gasteiger partial charge in [0.2, 0.25) is 5.91 Å². The summed E-state index contributed by atoms with van der Waals surface area (Å²) in [7, 11) is 0. The summed E-state index contributed by atoms with van der Waals surface area (Å²) in [4.78, 5) is 48.2. The van der Waals surface area contributed by atoms with Crippen LogP contribution in [0.25, 0.3) is 6.08 Å². The molecular formula is C18H11BrClN3O5S. The van der Waals surface area contributed by atoms with Crippen molar-refractivity contribution in [2.75, 3.05) is 11.9 Å². The first-order valence-electron chi connectivity index (χ1n) is 7.99. The molecule has 0 spiro atoms. The van der Waals surface area contributed by atoms with Crippen molar-refractivity contribution in [1.29, 1.82) is 0 Å². The molecule has 0 atom stereocenters. The third-order valence-corrected chi connectivity index (χ3v) is 5.56. The Hall–Kier alpha value is -2.69. The van der Waals surface area contributed by atoms with Gasteiger partial charge in [-0.05, 0) is 63.6 Å². The molecule has 29 heavy (non-hydrogen) atoms. The van der Waals surface area contributed by atoms with Crippen LogP contribution in [0.15, 0.2) is 51.8 Å². The second-order valence-corrected chi connectivity index (χ2v) is 8.08. The minimum Gasteiger partial charge on any atom is -0.324 e. The van der Waals surface area contributed by atoms with Crippen molar-refractivity contribution in [2.24, 2.45) is 0 Å². The van der Waals surface area contributed by atoms with Crippen LogP contribution in [-0.4, -0.2) is 33.4 Å². The summed E-state index contributed by atoms with van der Waals surface area (Å²) in [6.07, 6.45) is 1.37. The summed E-state index contributed by atoms with van der Waals surface area (Å²) in [5, 5.41) is 13.4. The molecule has 1 aliphatic rings. The number of amides is 3. The predicted octanol–water partition coefficient (Wildman–Crippen LogP) is 4.69. The van der Waals surface area contributed by atoms with Gasteiger partial charge in [-0.1, -0.05) is 23.7 Å². The number of imide groups is 1. The third-order valence-electron chi connectivity index (χ3n) is 3.75. The average molecular weight is 497 g/mol. The molecule has 8 nitrogen and oxygen atoms in total. The number of nitrogens with one attached hydrogen (secondary N) is 1. The van der Waals surface area contributed by atoms with Crippen LogP contribution in [0.2, 0.25) is 5.02 Å². The molecule has 1 saturated heterocycles. The van der Waals surface area contributed by atoms with Crippen molar-refractivity contribution < 1.29 is 19.3 Å². The van der Waals surface area contributed by atoms with Gasteiger partial charge in [0.25, 0.3) is 16.8 Å². The molecule has 3 amide bonds. The Balaban J connectivity index is 1.74. The number of halogens is 2. The largest absolute Gasteiger partial charge is 0.324 e. The van der Waals surface area contributed by atoms with E-state index in [1.165, 1.54) is 24.3 Å². The topological polar surface area (TPSA) is 110 Å². The minimum absolute atomic E-state index is 0.0715. The molecule has 0 aliphatic carbocycles. The number of anilines is 1. The highest BCUT2D eigenvalue weighted by Crippen LogP contribution is 2.33. The molecular weight excluding hydrogens is 486 g/mol. The van der Waals surface area contributed by atoms with E-state index in [1.807, 2.05) is 0 Å². The fourth-order valence-corrected chi connectivity index (χ4v) is 3.88. The number of thioether (sulfide) groups is 1. The van der Waals surface area contributed by atoms with Crippen molar-refractivity contribution in [1.82, 2.24) is 4.90 Å². The molecule has 1 fully saturated rings. The molecule has 0 aromatic heterocycles. The lowest BCUT2D eigenvalue weighted by atomic mass is 10.2. The smallest absolute Gasteiger partial charge is 0.294 e. The lowest BCUT2D eigenvalue weighted by Gasteiger charge is -2.12. The molecule has 0 saturated carbocycles. The molecule has 2 aromatic carbocycles. The van der Waals surface area contributed by atoms with Gasteiger partial charge < -0.3 is 5.32 Å². The van der Waals surface area contributed by atoms with Crippen LogP contribution in [0.4, 0.5) is 16.2 Å². The highest BCUT2D eigenvalue weighted by molar-refractivity contribution is 9.10. The minimum atomic E-state index is -0.646. The molecule has 0 bridgehead atoms. The van der Waals surface area contributed by atoms with E-state index in [-0.39, 0.29) is 10.6 Å². The Morgan fingerprint density at radius 3 is 2.72 bits per heavy atom. The molecule has 0 unspecified atom stereocenters. The Kier molecular flexibility index (Phi) is 6.36. The normalized spacial score (nSPS) is 15.1. The van der Waals surface area contributed by atoms with Crippen LogP contribution >= 0.6 is 39.3 Å². The Bertz CT molecular complexity index is 1080. The maximum absolute atomic E-state index is 12.5. The first kappa shape index (κ1) is 21.0. The van der Waals surface area contributed by atoms with E-state index < -0.39 is 28.5 Å². The summed E-state index contributed by atoms with van der Waals surface area (Å²) in [5.74, 6) is -1.21. The van der Waals surface area contributed by atoms with Crippen molar-refractivity contribution >= 4 is 73.8 Å². The SMILES string of the molecule is O=C(CN1C(=O)S/C(=C\c2ccc(Br)c([N+](=O)[O-])c2)C1=O)Nc1cccc(Cl)c1. The highest BCUT2D eigenvalue weighted by Gasteiger charge is 2.36. The maximum Gasteiger partial charge on any atom is 0.294 e. The number of nitrogens with zero attached hydrogens (tertiary/aromatic N) is 2. The molecule has 2 aromatic rings. The van der Waals surface area contributed by atoms with Crippen molar-refractivity contribution in [3.63, 3.8) is 0 Å². The summed E-state index contributed by atoms with van der Waals surface area (Å²) in [5.41, 5.74) is 0.653. The highest BCUT2D eigenvalue weighted by atomic mass is 79.9. The quantitative estimate of drug-likeness (QED) is 0.365. The predicted molar refractivity (Wildman–Crippen MR) is 114 cm³/mol. The van der Waals surface area contributed by atoms with Crippen molar-refractivity contribution in [3.8, 4) is 0 Å². The fourth-order valence-electron chi connectivity index (χ4n) is 2.46. The average Bonchev–Trinajstić information content (AvgIpc) is 2.90. The zero-order chi connectivity index (χ0) is 21.1. The summed E-state index contributed by atoms with van der Waals surface area (Å²) < 4.78 is 0.297. The number of rotatable bonds is 5. The van der Waals surface area contributed by atoms with Gasteiger partial charge in [0.15, 0.2) is 0 Å². The number of hydrogen-bond donors (Lipinski definition) is 1. The molecule has 1 N–H and O–H groups in total. The number of nitro benzene ring substituents is 1. The van der Waals surface area contributed by atoms with Gasteiger partial charge in [-0.25, -0.2) is 0 Å². The first-order chi connectivity index (χ1) is 13.7. The first-order valence-corrected chi connectivity index (χ1v) is 9.98. The Morgan fingerprint density at radius 2 is 2.03 bits per heavy atom. The number of hydrogen-bond acceptors (Lipinski definition) is 6. The fraction of sp³-hybridized carbons (Fsp3) is 0.0556. The number of carbonyl (C=O) groups is 3. The van der Waals surface area contributed by atoms with Crippen LogP contribution in [-0.2, 0) is 9.59 Å². The molecule has 1 heterocycles. The van der Waals surface area contributed by atoms with Crippen LogP contribution < -0.4 is 5.32 Å². The molecule has 148 valence electrons. The Labute approximate surface area is 182 Å². The Morgan fingerprint density at radius 1 is 1.28 bits per heavy atom. The van der Waals surface area contributed by atoms with Crippen LogP contribution in [0.1, 0.15) is 5.56 Å². The van der Waals surface area contributed by atoms with Gasteiger partial charge in [-0.3, -0.25) is 29.4 Å². The molecule has 11 heteroatoms. The number of carbonyl (C=O) groups excluding carboxylic acids is 3. The molecule has 1 aliphatic heterocycles. The summed E-state index contributed by atoms with van der Waals surface area (Å²) in [6.45, 7) is -0.463. The van der Waals surface area contributed by atoms with E-state index in [0.717, 1.165) is 4.90 Å². The summed E-state index contributed by atoms with van der Waals surface area (Å²) >= 11 is 9.60. The van der Waals surface area contributed by atoms with Gasteiger partial charge in [0, 0.05) is 16.8 Å². The maximum atomic E-state index is 12.5. The van der Waals surface area contributed by atoms with E-state index in [2.05, 4.69) is 21.2 Å². The van der Waals surface area contributed by atoms with Gasteiger partial charge in [0.1, 0.15) is 6.54 Å². The lowest BCUT2D eigenvalue weighted by molar-refractivity contribution is -0.385. The van der Waals surface area contributed by atoms with Crippen molar-refractivity contribution in [2.45, 2.75) is 0 Å². The second kappa shape index (κ2) is 8.76. The molecule has 3 rings (SSSR count). The van der Waals surface area contributed by atoms with E-state index in [0.29, 0.717) is 32.5 Å². The second-order valence-electron chi connectivity index (χ2n) is 5.79.